The van der Waals surface area contributed by atoms with E-state index < -0.39 is 0 Å². The van der Waals surface area contributed by atoms with E-state index in [1.165, 1.54) is 0 Å². The molecule has 2 fully saturated rings. The first-order valence-electron chi connectivity index (χ1n) is 11.9. The highest BCUT2D eigenvalue weighted by molar-refractivity contribution is 6.42. The van der Waals surface area contributed by atoms with Gasteiger partial charge < -0.3 is 20.0 Å². The van der Waals surface area contributed by atoms with Gasteiger partial charge in [-0.3, -0.25) is 4.79 Å². The molecule has 182 valence electrons. The highest BCUT2D eigenvalue weighted by Crippen LogP contribution is 2.30. The number of carbonyl (C=O) groups is 2. The highest BCUT2D eigenvalue weighted by Gasteiger charge is 2.31. The number of benzene rings is 2. The molecule has 2 aromatic rings. The number of carbonyl (C=O) groups excluding carboxylic acids is 2. The predicted octanol–water partition coefficient (Wildman–Crippen LogP) is 4.73. The van der Waals surface area contributed by atoms with Crippen LogP contribution in [-0.2, 0) is 0 Å². The van der Waals surface area contributed by atoms with Gasteiger partial charge in [-0.15, -0.1) is 0 Å². The van der Waals surface area contributed by atoms with E-state index >= 15 is 0 Å². The molecule has 4 rings (SSSR count). The van der Waals surface area contributed by atoms with Crippen LogP contribution in [0, 0.1) is 0 Å². The SMILES string of the molecule is CN(CC(CCN1CCC(N2CCNC2=O)CC1)c1ccc(Cl)c(Cl)c1)C(=O)c1ccccc1. The summed E-state index contributed by atoms with van der Waals surface area (Å²) in [5, 5.41) is 3.97. The molecule has 1 unspecified atom stereocenters. The lowest BCUT2D eigenvalue weighted by Crippen LogP contribution is -2.46. The molecular weight excluding hydrogens is 471 g/mol. The summed E-state index contributed by atoms with van der Waals surface area (Å²) in [6.07, 6.45) is 2.90. The molecule has 0 bridgehead atoms. The second-order valence-electron chi connectivity index (χ2n) is 9.21. The molecule has 34 heavy (non-hydrogen) atoms. The number of hydrogen-bond donors (Lipinski definition) is 1. The fourth-order valence-corrected chi connectivity index (χ4v) is 5.28. The van der Waals surface area contributed by atoms with Gasteiger partial charge in [-0.05, 0) is 55.6 Å². The molecule has 0 radical (unpaired) electrons. The molecule has 0 saturated carbocycles. The van der Waals surface area contributed by atoms with E-state index in [2.05, 4.69) is 10.2 Å². The minimum absolute atomic E-state index is 0.00960. The van der Waals surface area contributed by atoms with Crippen molar-refractivity contribution < 1.29 is 9.59 Å². The summed E-state index contributed by atoms with van der Waals surface area (Å²) in [6.45, 7) is 5.03. The zero-order valence-electron chi connectivity index (χ0n) is 19.6. The number of piperidine rings is 1. The average molecular weight is 503 g/mol. The summed E-state index contributed by atoms with van der Waals surface area (Å²) in [5.74, 6) is 0.143. The van der Waals surface area contributed by atoms with E-state index in [4.69, 9.17) is 23.2 Å². The third kappa shape index (κ3) is 6.04. The monoisotopic (exact) mass is 502 g/mol. The van der Waals surface area contributed by atoms with Crippen LogP contribution in [0.3, 0.4) is 0 Å². The van der Waals surface area contributed by atoms with Crippen LogP contribution in [0.15, 0.2) is 48.5 Å². The van der Waals surface area contributed by atoms with Crippen LogP contribution in [0.2, 0.25) is 10.0 Å². The summed E-state index contributed by atoms with van der Waals surface area (Å²) in [6, 6.07) is 15.5. The number of urea groups is 1. The smallest absolute Gasteiger partial charge is 0.317 e. The third-order valence-electron chi connectivity index (χ3n) is 6.96. The zero-order valence-corrected chi connectivity index (χ0v) is 21.1. The molecule has 2 aliphatic rings. The Balaban J connectivity index is 1.39. The lowest BCUT2D eigenvalue weighted by atomic mass is 9.94. The Morgan fingerprint density at radius 3 is 2.47 bits per heavy atom. The van der Waals surface area contributed by atoms with Gasteiger partial charge in [0.2, 0.25) is 0 Å². The van der Waals surface area contributed by atoms with Crippen molar-refractivity contribution in [3.05, 3.63) is 69.7 Å². The lowest BCUT2D eigenvalue weighted by Gasteiger charge is -2.37. The van der Waals surface area contributed by atoms with Gasteiger partial charge in [0.15, 0.2) is 0 Å². The van der Waals surface area contributed by atoms with Crippen LogP contribution >= 0.6 is 23.2 Å². The van der Waals surface area contributed by atoms with Gasteiger partial charge in [0, 0.05) is 57.3 Å². The summed E-state index contributed by atoms with van der Waals surface area (Å²) in [7, 11) is 1.85. The van der Waals surface area contributed by atoms with Gasteiger partial charge in [0.1, 0.15) is 0 Å². The van der Waals surface area contributed by atoms with Crippen LogP contribution in [-0.4, -0.2) is 79.0 Å². The summed E-state index contributed by atoms with van der Waals surface area (Å²) >= 11 is 12.5. The fourth-order valence-electron chi connectivity index (χ4n) is 4.97. The predicted molar refractivity (Wildman–Crippen MR) is 137 cm³/mol. The van der Waals surface area contributed by atoms with E-state index in [1.54, 1.807) is 4.90 Å². The van der Waals surface area contributed by atoms with E-state index in [1.807, 2.05) is 60.5 Å². The third-order valence-corrected chi connectivity index (χ3v) is 7.70. The van der Waals surface area contributed by atoms with Crippen molar-refractivity contribution in [1.29, 1.82) is 0 Å². The van der Waals surface area contributed by atoms with Gasteiger partial charge in [0.25, 0.3) is 5.91 Å². The molecule has 1 N–H and O–H groups in total. The second-order valence-corrected chi connectivity index (χ2v) is 10.0. The number of halogens is 2. The Kier molecular flexibility index (Phi) is 8.35. The standard InChI is InChI=1S/C26H32Cl2N4O2/c1-30(25(33)19-5-3-2-4-6-19)18-21(20-7-8-23(27)24(28)17-20)9-13-31-14-10-22(11-15-31)32-16-12-29-26(32)34/h2-8,17,21-22H,9-16,18H2,1H3,(H,29,34). The number of amides is 3. The molecule has 6 nitrogen and oxygen atoms in total. The van der Waals surface area contributed by atoms with Crippen LogP contribution in [0.25, 0.3) is 0 Å². The first kappa shape index (κ1) is 24.8. The Labute approximate surface area is 211 Å². The molecule has 0 spiro atoms. The number of hydrogen-bond acceptors (Lipinski definition) is 3. The molecule has 0 aliphatic carbocycles. The van der Waals surface area contributed by atoms with Crippen LogP contribution < -0.4 is 5.32 Å². The molecule has 1 atom stereocenters. The summed E-state index contributed by atoms with van der Waals surface area (Å²) in [4.78, 5) is 31.2. The number of likely N-dealkylation sites (N-methyl/N-ethyl adjacent to an activating group) is 1. The van der Waals surface area contributed by atoms with Crippen molar-refractivity contribution in [3.8, 4) is 0 Å². The van der Waals surface area contributed by atoms with Gasteiger partial charge in [-0.1, -0.05) is 47.5 Å². The van der Waals surface area contributed by atoms with Crippen molar-refractivity contribution in [1.82, 2.24) is 20.0 Å². The minimum atomic E-state index is 0.00960. The van der Waals surface area contributed by atoms with Crippen molar-refractivity contribution in [2.45, 2.75) is 31.2 Å². The largest absolute Gasteiger partial charge is 0.341 e. The number of rotatable bonds is 8. The Morgan fingerprint density at radius 1 is 1.09 bits per heavy atom. The quantitative estimate of drug-likeness (QED) is 0.567. The van der Waals surface area contributed by atoms with Gasteiger partial charge in [0.05, 0.1) is 10.0 Å². The molecule has 2 aromatic carbocycles. The summed E-state index contributed by atoms with van der Waals surface area (Å²) in [5.41, 5.74) is 1.77. The topological polar surface area (TPSA) is 55.9 Å². The zero-order chi connectivity index (χ0) is 24.1. The molecule has 2 aliphatic heterocycles. The molecule has 3 amide bonds. The first-order chi connectivity index (χ1) is 16.4. The van der Waals surface area contributed by atoms with Gasteiger partial charge >= 0.3 is 6.03 Å². The van der Waals surface area contributed by atoms with Crippen molar-refractivity contribution in [2.24, 2.45) is 0 Å². The number of nitrogens with one attached hydrogen (secondary N) is 1. The molecular formula is C26H32Cl2N4O2. The fraction of sp³-hybridized carbons (Fsp3) is 0.462. The van der Waals surface area contributed by atoms with Gasteiger partial charge in [-0.25, -0.2) is 4.79 Å². The van der Waals surface area contributed by atoms with Gasteiger partial charge in [-0.2, -0.15) is 0 Å². The molecule has 8 heteroatoms. The van der Waals surface area contributed by atoms with Crippen molar-refractivity contribution >= 4 is 35.1 Å². The highest BCUT2D eigenvalue weighted by atomic mass is 35.5. The maximum absolute atomic E-state index is 13.0. The van der Waals surface area contributed by atoms with E-state index in [9.17, 15) is 9.59 Å². The van der Waals surface area contributed by atoms with Crippen molar-refractivity contribution in [2.75, 3.05) is 46.3 Å². The molecule has 0 aromatic heterocycles. The number of nitrogens with zero attached hydrogens (tertiary/aromatic N) is 3. The minimum Gasteiger partial charge on any atom is -0.341 e. The molecule has 2 saturated heterocycles. The maximum atomic E-state index is 13.0. The van der Waals surface area contributed by atoms with Crippen LogP contribution in [0.5, 0.6) is 0 Å². The average Bonchev–Trinajstić information content (AvgIpc) is 3.29. The van der Waals surface area contributed by atoms with E-state index in [-0.39, 0.29) is 17.9 Å². The summed E-state index contributed by atoms with van der Waals surface area (Å²) < 4.78 is 0. The first-order valence-corrected chi connectivity index (χ1v) is 12.7. The number of likely N-dealkylation sites (tertiary alicyclic amines) is 1. The van der Waals surface area contributed by atoms with Crippen LogP contribution in [0.1, 0.15) is 41.1 Å². The van der Waals surface area contributed by atoms with E-state index in [0.29, 0.717) is 28.2 Å². The van der Waals surface area contributed by atoms with Crippen molar-refractivity contribution in [3.63, 3.8) is 0 Å². The Bertz CT molecular complexity index is 996. The maximum Gasteiger partial charge on any atom is 0.317 e. The lowest BCUT2D eigenvalue weighted by molar-refractivity contribution is 0.0780. The Morgan fingerprint density at radius 2 is 1.82 bits per heavy atom. The molecule has 2 heterocycles. The van der Waals surface area contributed by atoms with E-state index in [0.717, 1.165) is 57.5 Å². The Hall–Kier alpha value is -2.28. The van der Waals surface area contributed by atoms with Crippen LogP contribution in [0.4, 0.5) is 4.79 Å². The second kappa shape index (κ2) is 11.4. The normalized spacial score (nSPS) is 18.1.